The molecule has 0 saturated heterocycles. The fraction of sp³-hybridized carbons (Fsp3) is 0.727. The summed E-state index contributed by atoms with van der Waals surface area (Å²) in [6, 6.07) is -2.04. The molecule has 1 amide bonds. The van der Waals surface area contributed by atoms with Gasteiger partial charge in [0.05, 0.1) is 0 Å². The minimum atomic E-state index is -4.61. The van der Waals surface area contributed by atoms with Gasteiger partial charge in [-0.15, -0.1) is 0 Å². The van der Waals surface area contributed by atoms with Crippen LogP contribution in [0.25, 0.3) is 0 Å². The number of carbonyl (C=O) groups excluding carboxylic acids is 3. The van der Waals surface area contributed by atoms with E-state index in [9.17, 15) is 27.6 Å². The highest BCUT2D eigenvalue weighted by molar-refractivity contribution is 8.32. The number of hydrogen-bond acceptors (Lipinski definition) is 4. The van der Waals surface area contributed by atoms with Crippen molar-refractivity contribution >= 4 is 40.5 Å². The molecule has 0 aromatic rings. The quantitative estimate of drug-likeness (QED) is 0.704. The maximum absolute atomic E-state index is 12.8. The summed E-state index contributed by atoms with van der Waals surface area (Å²) in [6.45, 7) is 2.31. The lowest BCUT2D eigenvalue weighted by Gasteiger charge is -2.25. The van der Waals surface area contributed by atoms with E-state index in [2.05, 4.69) is 12.6 Å². The Balaban J connectivity index is 4.81. The molecule has 0 bridgehead atoms. The molecular weight excluding hydrogens is 315 g/mol. The molecule has 116 valence electrons. The number of alkyl halides is 3. The Bertz CT molecular complexity index is 374. The predicted octanol–water partition coefficient (Wildman–Crippen LogP) is 2.96. The van der Waals surface area contributed by atoms with Crippen LogP contribution in [0.4, 0.5) is 18.0 Å². The van der Waals surface area contributed by atoms with Crippen LogP contribution in [0.5, 0.6) is 0 Å². The summed E-state index contributed by atoms with van der Waals surface area (Å²) in [5.74, 6) is -0.981. The Morgan fingerprint density at radius 2 is 1.80 bits per heavy atom. The third-order valence-electron chi connectivity index (χ3n) is 2.36. The monoisotopic (exact) mass is 331 g/mol. The van der Waals surface area contributed by atoms with E-state index in [0.29, 0.717) is 11.8 Å². The zero-order valence-corrected chi connectivity index (χ0v) is 12.7. The van der Waals surface area contributed by atoms with Gasteiger partial charge >= 0.3 is 6.18 Å². The molecule has 0 heterocycles. The van der Waals surface area contributed by atoms with Crippen LogP contribution in [0.2, 0.25) is 0 Å². The average Bonchev–Trinajstić information content (AvgIpc) is 2.22. The molecule has 4 nitrogen and oxygen atoms in total. The summed E-state index contributed by atoms with van der Waals surface area (Å²) >= 11 is 4.15. The third kappa shape index (κ3) is 9.24. The zero-order chi connectivity index (χ0) is 15.9. The van der Waals surface area contributed by atoms with Gasteiger partial charge in [0.2, 0.25) is 10.4 Å². The van der Waals surface area contributed by atoms with E-state index in [0.717, 1.165) is 6.92 Å². The number of halogens is 3. The first kappa shape index (κ1) is 19.3. The highest BCUT2D eigenvalue weighted by Gasteiger charge is 2.41. The Hall–Kier alpha value is -0.700. The van der Waals surface area contributed by atoms with Gasteiger partial charge in [-0.25, -0.2) is 0 Å². The van der Waals surface area contributed by atoms with Gasteiger partial charge in [0.1, 0.15) is 11.8 Å². The summed E-state index contributed by atoms with van der Waals surface area (Å²) in [7, 11) is 0. The van der Waals surface area contributed by atoms with Crippen molar-refractivity contribution < 1.29 is 27.6 Å². The van der Waals surface area contributed by atoms with Crippen LogP contribution < -0.4 is 5.32 Å². The lowest BCUT2D eigenvalue weighted by atomic mass is 10.1. The third-order valence-corrected chi connectivity index (χ3v) is 3.64. The van der Waals surface area contributed by atoms with E-state index in [4.69, 9.17) is 0 Å². The molecule has 0 aromatic carbocycles. The molecule has 20 heavy (non-hydrogen) atoms. The second-order valence-corrected chi connectivity index (χ2v) is 6.26. The smallest absolute Gasteiger partial charge is 0.345 e. The summed E-state index contributed by atoms with van der Waals surface area (Å²) in [6.07, 6.45) is -4.89. The molecule has 1 N–H and O–H groups in total. The molecule has 0 fully saturated rings. The van der Waals surface area contributed by atoms with E-state index in [1.54, 1.807) is 0 Å². The lowest BCUT2D eigenvalue weighted by Crippen LogP contribution is -2.46. The SMILES string of the molecule is CC(=O)CCC(CC(NC(C)=O)C(F)(F)F)SC(=O)S. The number of hydrogen-bond donors (Lipinski definition) is 2. The van der Waals surface area contributed by atoms with Crippen molar-refractivity contribution in [2.24, 2.45) is 0 Å². The van der Waals surface area contributed by atoms with Crippen molar-refractivity contribution in [3.63, 3.8) is 0 Å². The topological polar surface area (TPSA) is 63.2 Å². The van der Waals surface area contributed by atoms with Crippen molar-refractivity contribution in [3.8, 4) is 0 Å². The van der Waals surface area contributed by atoms with Crippen LogP contribution in [0.1, 0.15) is 33.1 Å². The highest BCUT2D eigenvalue weighted by atomic mass is 32.2. The maximum atomic E-state index is 12.8. The highest BCUT2D eigenvalue weighted by Crippen LogP contribution is 2.30. The van der Waals surface area contributed by atoms with Gasteiger partial charge in [-0.1, -0.05) is 24.4 Å². The minimum Gasteiger partial charge on any atom is -0.345 e. The van der Waals surface area contributed by atoms with Crippen LogP contribution in [-0.4, -0.2) is 33.6 Å². The normalized spacial score (nSPS) is 14.5. The molecule has 0 spiro atoms. The Morgan fingerprint density at radius 1 is 1.25 bits per heavy atom. The van der Waals surface area contributed by atoms with Crippen molar-refractivity contribution in [2.45, 2.75) is 50.6 Å². The fourth-order valence-corrected chi connectivity index (χ4v) is 2.77. The van der Waals surface area contributed by atoms with Crippen LogP contribution >= 0.6 is 24.4 Å². The Morgan fingerprint density at radius 3 is 2.15 bits per heavy atom. The molecule has 9 heteroatoms. The van der Waals surface area contributed by atoms with E-state index in [1.165, 1.54) is 6.92 Å². The maximum Gasteiger partial charge on any atom is 0.408 e. The molecule has 0 aromatic heterocycles. The number of amides is 1. The standard InChI is InChI=1S/C11H16F3NO3S2/c1-6(16)3-4-8(20-10(18)19)5-9(11(12,13)14)15-7(2)17/h8-9H,3-5H2,1-2H3,(H,15,17)(H,18,19). The largest absolute Gasteiger partial charge is 0.408 e. The number of thioether (sulfide) groups is 1. The fourth-order valence-electron chi connectivity index (χ4n) is 1.51. The average molecular weight is 331 g/mol. The van der Waals surface area contributed by atoms with E-state index >= 15 is 0 Å². The molecule has 0 aliphatic heterocycles. The minimum absolute atomic E-state index is 0.0728. The predicted molar refractivity (Wildman–Crippen MR) is 74.0 cm³/mol. The van der Waals surface area contributed by atoms with E-state index in [1.807, 2.05) is 5.32 Å². The van der Waals surface area contributed by atoms with Crippen LogP contribution in [0.15, 0.2) is 0 Å². The first-order valence-electron chi connectivity index (χ1n) is 5.75. The lowest BCUT2D eigenvalue weighted by molar-refractivity contribution is -0.162. The van der Waals surface area contributed by atoms with Crippen molar-refractivity contribution in [1.29, 1.82) is 0 Å². The van der Waals surface area contributed by atoms with Gasteiger partial charge in [0, 0.05) is 18.6 Å². The van der Waals surface area contributed by atoms with Gasteiger partial charge in [-0.3, -0.25) is 9.59 Å². The summed E-state index contributed by atoms with van der Waals surface area (Å²) < 4.78 is 37.7. The second-order valence-electron chi connectivity index (χ2n) is 4.28. The van der Waals surface area contributed by atoms with Crippen LogP contribution in [0, 0.1) is 0 Å². The van der Waals surface area contributed by atoms with Gasteiger partial charge in [-0.05, 0) is 19.8 Å². The molecule has 0 saturated carbocycles. The Kier molecular flexibility index (Phi) is 8.26. The van der Waals surface area contributed by atoms with Crippen LogP contribution in [0.3, 0.4) is 0 Å². The number of carbonyl (C=O) groups is 3. The number of Topliss-reactive ketones (excluding diaryl/α,β-unsaturated/α-hetero) is 1. The molecule has 2 unspecified atom stereocenters. The number of nitrogens with one attached hydrogen (secondary N) is 1. The first-order chi connectivity index (χ1) is 9.02. The molecule has 0 aliphatic rings. The van der Waals surface area contributed by atoms with Gasteiger partial charge in [0.15, 0.2) is 0 Å². The Labute approximate surface area is 124 Å². The van der Waals surface area contributed by atoms with E-state index in [-0.39, 0.29) is 18.6 Å². The molecular formula is C11H16F3NO3S2. The van der Waals surface area contributed by atoms with Crippen molar-refractivity contribution in [3.05, 3.63) is 0 Å². The van der Waals surface area contributed by atoms with Crippen LogP contribution in [-0.2, 0) is 9.59 Å². The van der Waals surface area contributed by atoms with E-state index < -0.39 is 34.2 Å². The first-order valence-corrected chi connectivity index (χ1v) is 7.08. The molecule has 0 aliphatic carbocycles. The number of rotatable bonds is 7. The molecule has 0 radical (unpaired) electrons. The summed E-state index contributed by atoms with van der Waals surface area (Å²) in [5.41, 5.74) is 0. The summed E-state index contributed by atoms with van der Waals surface area (Å²) in [5, 5.41) is 1.08. The summed E-state index contributed by atoms with van der Waals surface area (Å²) in [4.78, 5) is 32.6. The van der Waals surface area contributed by atoms with Gasteiger partial charge < -0.3 is 10.1 Å². The number of thiol groups is 1. The second kappa shape index (κ2) is 8.56. The van der Waals surface area contributed by atoms with Crippen molar-refractivity contribution in [2.75, 3.05) is 0 Å². The molecule has 2 atom stereocenters. The van der Waals surface area contributed by atoms with Gasteiger partial charge in [0.25, 0.3) is 0 Å². The van der Waals surface area contributed by atoms with Crippen molar-refractivity contribution in [1.82, 2.24) is 5.32 Å². The zero-order valence-electron chi connectivity index (χ0n) is 11.0. The van der Waals surface area contributed by atoms with Gasteiger partial charge in [-0.2, -0.15) is 13.2 Å². The number of ketones is 1. The molecule has 0 rings (SSSR count).